The first-order valence-corrected chi connectivity index (χ1v) is 13.0. The molecule has 3 aromatic rings. The Kier molecular flexibility index (Phi) is 7.26. The standard InChI is InChI=1S/C26H26Cl3N3O3/c1-15(16-5-3-2-4-6-16)30-26(33)24-20-14-34-13-17(11-19-8-10-23(29)35-19)25(20)32(31-24)22-9-7-18(27)12-21(22)28/h7-12,15-16H,2-6,13-14H2,1H3,(H,30,33)/b17-11+/t15-/m1/s1. The van der Waals surface area contributed by atoms with E-state index in [0.29, 0.717) is 50.5 Å². The first-order chi connectivity index (χ1) is 16.9. The van der Waals surface area contributed by atoms with E-state index in [4.69, 9.17) is 49.1 Å². The number of carbonyl (C=O) groups is 1. The van der Waals surface area contributed by atoms with Crippen molar-refractivity contribution in [1.29, 1.82) is 0 Å². The molecule has 1 N–H and O–H groups in total. The summed E-state index contributed by atoms with van der Waals surface area (Å²) < 4.78 is 13.1. The van der Waals surface area contributed by atoms with Gasteiger partial charge in [0, 0.05) is 22.2 Å². The zero-order chi connectivity index (χ0) is 24.5. The molecule has 1 atom stereocenters. The summed E-state index contributed by atoms with van der Waals surface area (Å²) in [7, 11) is 0. The molecule has 2 aliphatic rings. The van der Waals surface area contributed by atoms with Gasteiger partial charge in [-0.25, -0.2) is 4.68 Å². The lowest BCUT2D eigenvalue weighted by atomic mass is 9.84. The van der Waals surface area contributed by atoms with Crippen LogP contribution in [0.3, 0.4) is 0 Å². The van der Waals surface area contributed by atoms with Crippen LogP contribution in [0.5, 0.6) is 0 Å². The number of ether oxygens (including phenoxy) is 1. The van der Waals surface area contributed by atoms with Crippen molar-refractivity contribution in [1.82, 2.24) is 15.1 Å². The smallest absolute Gasteiger partial charge is 0.272 e. The van der Waals surface area contributed by atoms with Gasteiger partial charge < -0.3 is 14.5 Å². The maximum absolute atomic E-state index is 13.5. The van der Waals surface area contributed by atoms with Crippen molar-refractivity contribution in [3.05, 3.63) is 68.3 Å². The minimum absolute atomic E-state index is 0.0625. The van der Waals surface area contributed by atoms with Crippen LogP contribution in [0.2, 0.25) is 15.3 Å². The molecule has 1 aliphatic heterocycles. The van der Waals surface area contributed by atoms with Gasteiger partial charge in [-0.15, -0.1) is 0 Å². The molecule has 184 valence electrons. The Morgan fingerprint density at radius 3 is 2.66 bits per heavy atom. The molecule has 1 aromatic carbocycles. The molecule has 1 fully saturated rings. The minimum atomic E-state index is -0.214. The minimum Gasteiger partial charge on any atom is -0.445 e. The number of nitrogens with zero attached hydrogens (tertiary/aromatic N) is 2. The fourth-order valence-corrected chi connectivity index (χ4v) is 5.61. The van der Waals surface area contributed by atoms with E-state index in [9.17, 15) is 4.79 Å². The summed E-state index contributed by atoms with van der Waals surface area (Å²) in [4.78, 5) is 13.5. The molecule has 6 nitrogen and oxygen atoms in total. The zero-order valence-corrected chi connectivity index (χ0v) is 21.6. The summed E-state index contributed by atoms with van der Waals surface area (Å²) in [6, 6.07) is 8.72. The quantitative estimate of drug-likeness (QED) is 0.376. The van der Waals surface area contributed by atoms with Gasteiger partial charge in [-0.3, -0.25) is 4.79 Å². The number of carbonyl (C=O) groups excluding carboxylic acids is 1. The average Bonchev–Trinajstić information content (AvgIpc) is 3.43. The monoisotopic (exact) mass is 533 g/mol. The van der Waals surface area contributed by atoms with E-state index in [1.165, 1.54) is 19.3 Å². The molecule has 5 rings (SSSR count). The fraction of sp³-hybridized carbons (Fsp3) is 0.385. The highest BCUT2D eigenvalue weighted by Crippen LogP contribution is 2.35. The largest absolute Gasteiger partial charge is 0.445 e. The van der Waals surface area contributed by atoms with E-state index in [0.717, 1.165) is 24.1 Å². The van der Waals surface area contributed by atoms with Crippen LogP contribution >= 0.6 is 34.8 Å². The lowest BCUT2D eigenvalue weighted by molar-refractivity contribution is 0.0906. The summed E-state index contributed by atoms with van der Waals surface area (Å²) in [5, 5.41) is 9.18. The van der Waals surface area contributed by atoms with E-state index < -0.39 is 0 Å². The van der Waals surface area contributed by atoms with Crippen molar-refractivity contribution < 1.29 is 13.9 Å². The maximum atomic E-state index is 13.5. The molecule has 0 unspecified atom stereocenters. The highest BCUT2D eigenvalue weighted by Gasteiger charge is 2.31. The molecule has 0 radical (unpaired) electrons. The summed E-state index contributed by atoms with van der Waals surface area (Å²) in [6.07, 6.45) is 7.81. The van der Waals surface area contributed by atoms with Crippen molar-refractivity contribution in [3.8, 4) is 5.69 Å². The number of fused-ring (bicyclic) bond motifs is 1. The Morgan fingerprint density at radius 2 is 1.94 bits per heavy atom. The average molecular weight is 535 g/mol. The highest BCUT2D eigenvalue weighted by molar-refractivity contribution is 6.35. The molecule has 1 amide bonds. The highest BCUT2D eigenvalue weighted by atomic mass is 35.5. The fourth-order valence-electron chi connectivity index (χ4n) is 4.97. The van der Waals surface area contributed by atoms with Gasteiger partial charge in [-0.1, -0.05) is 42.5 Å². The summed E-state index contributed by atoms with van der Waals surface area (Å²) in [5.74, 6) is 0.842. The Morgan fingerprint density at radius 1 is 1.14 bits per heavy atom. The lowest BCUT2D eigenvalue weighted by Crippen LogP contribution is -2.39. The second-order valence-electron chi connectivity index (χ2n) is 9.15. The molecule has 0 bridgehead atoms. The zero-order valence-electron chi connectivity index (χ0n) is 19.3. The van der Waals surface area contributed by atoms with Crippen molar-refractivity contribution in [3.63, 3.8) is 0 Å². The van der Waals surface area contributed by atoms with E-state index in [1.807, 2.05) is 6.08 Å². The predicted octanol–water partition coefficient (Wildman–Crippen LogP) is 7.19. The summed E-state index contributed by atoms with van der Waals surface area (Å²) in [5.41, 5.74) is 3.21. The first kappa shape index (κ1) is 24.4. The van der Waals surface area contributed by atoms with Crippen molar-refractivity contribution in [2.45, 2.75) is 51.7 Å². The van der Waals surface area contributed by atoms with Crippen LogP contribution in [0.15, 0.2) is 34.7 Å². The number of aromatic nitrogens is 2. The summed E-state index contributed by atoms with van der Waals surface area (Å²) in [6.45, 7) is 2.66. The van der Waals surface area contributed by atoms with Gasteiger partial charge in [-0.05, 0) is 73.7 Å². The van der Waals surface area contributed by atoms with Gasteiger partial charge in [0.1, 0.15) is 5.76 Å². The SMILES string of the molecule is C[C@@H](NC(=O)c1nn(-c2ccc(Cl)cc2Cl)c2c1COC/C2=C\c1ccc(Cl)o1)C1CCCCC1. The number of benzene rings is 1. The number of furan rings is 1. The Bertz CT molecular complexity index is 1270. The molecule has 3 heterocycles. The first-order valence-electron chi connectivity index (χ1n) is 11.8. The second-order valence-corrected chi connectivity index (χ2v) is 10.4. The van der Waals surface area contributed by atoms with E-state index in [-0.39, 0.29) is 18.6 Å². The number of rotatable bonds is 5. The van der Waals surface area contributed by atoms with Crippen molar-refractivity contribution in [2.75, 3.05) is 6.61 Å². The van der Waals surface area contributed by atoms with Crippen molar-refractivity contribution in [2.24, 2.45) is 5.92 Å². The lowest BCUT2D eigenvalue weighted by Gasteiger charge is -2.28. The topological polar surface area (TPSA) is 69.3 Å². The molecular formula is C26H26Cl3N3O3. The molecule has 1 aliphatic carbocycles. The van der Waals surface area contributed by atoms with Crippen molar-refractivity contribution >= 4 is 52.4 Å². The normalized spacial score (nSPS) is 18.5. The number of hydrogen-bond acceptors (Lipinski definition) is 4. The number of halogens is 3. The van der Waals surface area contributed by atoms with Crippen LogP contribution in [0.1, 0.15) is 66.5 Å². The molecule has 0 saturated heterocycles. The summed E-state index contributed by atoms with van der Waals surface area (Å²) >= 11 is 18.7. The van der Waals surface area contributed by atoms with E-state index >= 15 is 0 Å². The predicted molar refractivity (Wildman–Crippen MR) is 138 cm³/mol. The second kappa shape index (κ2) is 10.4. The van der Waals surface area contributed by atoms with Gasteiger partial charge in [-0.2, -0.15) is 5.10 Å². The van der Waals surface area contributed by atoms with Crippen LogP contribution in [0.25, 0.3) is 17.3 Å². The van der Waals surface area contributed by atoms with E-state index in [1.54, 1.807) is 35.0 Å². The maximum Gasteiger partial charge on any atom is 0.272 e. The number of amides is 1. The third-order valence-corrected chi connectivity index (χ3v) is 7.51. The molecule has 2 aromatic heterocycles. The van der Waals surface area contributed by atoms with Crippen LogP contribution in [-0.4, -0.2) is 28.3 Å². The molecule has 35 heavy (non-hydrogen) atoms. The molecule has 1 saturated carbocycles. The van der Waals surface area contributed by atoms with Crippen LogP contribution in [-0.2, 0) is 11.3 Å². The number of nitrogens with one attached hydrogen (secondary N) is 1. The van der Waals surface area contributed by atoms with Crippen LogP contribution in [0.4, 0.5) is 0 Å². The number of hydrogen-bond donors (Lipinski definition) is 1. The molecule has 9 heteroatoms. The molecule has 0 spiro atoms. The Labute approximate surface area is 219 Å². The molecular weight excluding hydrogens is 509 g/mol. The Hall–Kier alpha value is -2.25. The van der Waals surface area contributed by atoms with Gasteiger partial charge >= 0.3 is 0 Å². The van der Waals surface area contributed by atoms with Gasteiger partial charge in [0.2, 0.25) is 0 Å². The third-order valence-electron chi connectivity index (χ3n) is 6.77. The van der Waals surface area contributed by atoms with Crippen LogP contribution in [0, 0.1) is 5.92 Å². The van der Waals surface area contributed by atoms with E-state index in [2.05, 4.69) is 12.2 Å². The van der Waals surface area contributed by atoms with Gasteiger partial charge in [0.25, 0.3) is 5.91 Å². The van der Waals surface area contributed by atoms with Gasteiger partial charge in [0.15, 0.2) is 10.9 Å². The Balaban J connectivity index is 1.57. The third kappa shape index (κ3) is 5.17. The van der Waals surface area contributed by atoms with Crippen LogP contribution < -0.4 is 5.32 Å². The van der Waals surface area contributed by atoms with Gasteiger partial charge in [0.05, 0.1) is 29.6 Å².